The van der Waals surface area contributed by atoms with Gasteiger partial charge in [-0.05, 0) is 6.26 Å². The quantitative estimate of drug-likeness (QED) is 0.696. The van der Waals surface area contributed by atoms with Gasteiger partial charge >= 0.3 is 0 Å². The average Bonchev–Trinajstić information content (AvgIpc) is 3.31. The fourth-order valence-electron chi connectivity index (χ4n) is 3.02. The number of aryl methyl sites for hydroxylation is 1. The Morgan fingerprint density at radius 2 is 1.93 bits per heavy atom. The molecule has 2 aliphatic heterocycles. The second-order valence-electron chi connectivity index (χ2n) is 6.08. The van der Waals surface area contributed by atoms with Crippen LogP contribution >= 0.6 is 23.1 Å². The van der Waals surface area contributed by atoms with Gasteiger partial charge in [0, 0.05) is 37.3 Å². The van der Waals surface area contributed by atoms with Gasteiger partial charge in [-0.25, -0.2) is 0 Å². The van der Waals surface area contributed by atoms with Crippen molar-refractivity contribution in [2.24, 2.45) is 4.99 Å². The van der Waals surface area contributed by atoms with Gasteiger partial charge in [-0.1, -0.05) is 11.3 Å². The molecule has 0 N–H and O–H groups in total. The first-order valence-electron chi connectivity index (χ1n) is 8.39. The van der Waals surface area contributed by atoms with E-state index < -0.39 is 5.91 Å². The first-order valence-corrected chi connectivity index (χ1v) is 10.6. The minimum Gasteiger partial charge on any atom is -0.454 e. The normalized spacial score (nSPS) is 16.8. The molecule has 0 bridgehead atoms. The van der Waals surface area contributed by atoms with Gasteiger partial charge in [-0.15, -0.1) is 0 Å². The monoisotopic (exact) mass is 407 g/mol. The van der Waals surface area contributed by atoms with Crippen molar-refractivity contribution >= 4 is 51.0 Å². The molecule has 0 spiro atoms. The molecule has 0 saturated carbocycles. The van der Waals surface area contributed by atoms with Crippen LogP contribution in [0.25, 0.3) is 10.2 Å². The van der Waals surface area contributed by atoms with Crippen LogP contribution in [0, 0.1) is 0 Å². The maximum atomic E-state index is 12.4. The lowest BCUT2D eigenvalue weighted by atomic mass is 10.3. The molecule has 3 amide bonds. The Labute approximate surface area is 162 Å². The number of likely N-dealkylation sites (tertiary alicyclic amines) is 1. The molecule has 2 aliphatic rings. The summed E-state index contributed by atoms with van der Waals surface area (Å²) in [7, 11) is 0. The van der Waals surface area contributed by atoms with Crippen molar-refractivity contribution in [1.82, 2.24) is 9.47 Å². The van der Waals surface area contributed by atoms with E-state index in [-0.39, 0.29) is 38.0 Å². The predicted molar refractivity (Wildman–Crippen MR) is 101 cm³/mol. The number of carbonyl (C=O) groups is 3. The van der Waals surface area contributed by atoms with Crippen LogP contribution in [0.3, 0.4) is 0 Å². The smallest absolute Gasteiger partial charge is 0.268 e. The Kier molecular flexibility index (Phi) is 4.92. The highest BCUT2D eigenvalue weighted by Gasteiger charge is 2.30. The lowest BCUT2D eigenvalue weighted by molar-refractivity contribution is -0.141. The van der Waals surface area contributed by atoms with E-state index in [1.165, 1.54) is 11.3 Å². The fourth-order valence-corrected chi connectivity index (χ4v) is 4.47. The summed E-state index contributed by atoms with van der Waals surface area (Å²) in [5.74, 6) is 1.05. The van der Waals surface area contributed by atoms with E-state index in [9.17, 15) is 14.4 Å². The van der Waals surface area contributed by atoms with Gasteiger partial charge in [0.2, 0.25) is 18.6 Å². The van der Waals surface area contributed by atoms with E-state index >= 15 is 0 Å². The number of imide groups is 1. The Hall–Kier alpha value is -2.33. The van der Waals surface area contributed by atoms with Crippen molar-refractivity contribution in [2.45, 2.75) is 19.4 Å². The molecule has 0 radical (unpaired) electrons. The number of hydrogen-bond acceptors (Lipinski definition) is 7. The number of fused-ring (bicyclic) bond motifs is 2. The molecule has 0 unspecified atom stereocenters. The van der Waals surface area contributed by atoms with E-state index in [0.29, 0.717) is 22.8 Å². The number of thiazole rings is 1. The SMILES string of the molecule is CSCCn1c(=NC(=O)CN2C(=O)CCC2=O)sc2cc3c(cc21)OCO3. The Bertz CT molecular complexity index is 994. The van der Waals surface area contributed by atoms with E-state index in [1.54, 1.807) is 11.8 Å². The van der Waals surface area contributed by atoms with Gasteiger partial charge in [-0.3, -0.25) is 19.3 Å². The maximum absolute atomic E-state index is 12.4. The minimum absolute atomic E-state index is 0.161. The number of benzene rings is 1. The number of thioether (sulfide) groups is 1. The van der Waals surface area contributed by atoms with Gasteiger partial charge in [0.1, 0.15) is 6.54 Å². The third kappa shape index (κ3) is 3.46. The molecule has 10 heteroatoms. The number of rotatable bonds is 5. The van der Waals surface area contributed by atoms with Crippen LogP contribution in [0.1, 0.15) is 12.8 Å². The first kappa shape index (κ1) is 18.1. The van der Waals surface area contributed by atoms with Crippen molar-refractivity contribution in [2.75, 3.05) is 25.3 Å². The molecule has 142 valence electrons. The van der Waals surface area contributed by atoms with Crippen molar-refractivity contribution in [3.63, 3.8) is 0 Å². The van der Waals surface area contributed by atoms with Crippen molar-refractivity contribution < 1.29 is 23.9 Å². The van der Waals surface area contributed by atoms with Crippen LogP contribution in [0.5, 0.6) is 11.5 Å². The Balaban J connectivity index is 1.71. The zero-order chi connectivity index (χ0) is 19.0. The second-order valence-corrected chi connectivity index (χ2v) is 8.08. The van der Waals surface area contributed by atoms with E-state index in [2.05, 4.69) is 4.99 Å². The molecule has 1 aromatic heterocycles. The van der Waals surface area contributed by atoms with E-state index in [4.69, 9.17) is 9.47 Å². The number of carbonyl (C=O) groups excluding carboxylic acids is 3. The largest absolute Gasteiger partial charge is 0.454 e. The van der Waals surface area contributed by atoms with E-state index in [1.807, 2.05) is 23.0 Å². The van der Waals surface area contributed by atoms with Crippen LogP contribution in [-0.2, 0) is 20.9 Å². The molecule has 1 aromatic carbocycles. The summed E-state index contributed by atoms with van der Waals surface area (Å²) in [6.45, 7) is 0.566. The Morgan fingerprint density at radius 3 is 2.63 bits per heavy atom. The Morgan fingerprint density at radius 1 is 1.22 bits per heavy atom. The van der Waals surface area contributed by atoms with Gasteiger partial charge in [0.05, 0.1) is 10.2 Å². The van der Waals surface area contributed by atoms with Crippen LogP contribution in [-0.4, -0.2) is 52.5 Å². The molecule has 3 heterocycles. The molecule has 1 saturated heterocycles. The van der Waals surface area contributed by atoms with Gasteiger partial charge in [0.25, 0.3) is 5.91 Å². The summed E-state index contributed by atoms with van der Waals surface area (Å²) < 4.78 is 13.8. The zero-order valence-electron chi connectivity index (χ0n) is 14.6. The average molecular weight is 407 g/mol. The lowest BCUT2D eigenvalue weighted by Crippen LogP contribution is -2.34. The van der Waals surface area contributed by atoms with Gasteiger partial charge in [-0.2, -0.15) is 16.8 Å². The van der Waals surface area contributed by atoms with Crippen LogP contribution in [0.4, 0.5) is 0 Å². The summed E-state index contributed by atoms with van der Waals surface area (Å²) in [6.07, 6.45) is 2.33. The van der Waals surface area contributed by atoms with E-state index in [0.717, 1.165) is 20.9 Å². The fraction of sp³-hybridized carbons (Fsp3) is 0.412. The highest BCUT2D eigenvalue weighted by Crippen LogP contribution is 2.37. The van der Waals surface area contributed by atoms with Crippen LogP contribution in [0.2, 0.25) is 0 Å². The first-order chi connectivity index (χ1) is 13.1. The van der Waals surface area contributed by atoms with Crippen molar-refractivity contribution in [1.29, 1.82) is 0 Å². The topological polar surface area (TPSA) is 90.2 Å². The third-order valence-corrected chi connectivity index (χ3v) is 6.00. The standard InChI is InChI=1S/C17H17N3O5S2/c1-26-5-4-19-10-6-11-12(25-9-24-11)7-13(10)27-17(19)18-14(21)8-20-15(22)2-3-16(20)23/h6-7H,2-5,8-9H2,1H3. The summed E-state index contributed by atoms with van der Waals surface area (Å²) in [5, 5.41) is 0. The number of nitrogens with zero attached hydrogens (tertiary/aromatic N) is 3. The molecule has 2 aromatic rings. The number of ether oxygens (including phenoxy) is 2. The molecular weight excluding hydrogens is 390 g/mol. The highest BCUT2D eigenvalue weighted by atomic mass is 32.2. The molecule has 1 fully saturated rings. The van der Waals surface area contributed by atoms with Crippen LogP contribution in [0.15, 0.2) is 17.1 Å². The lowest BCUT2D eigenvalue weighted by Gasteiger charge is -2.10. The highest BCUT2D eigenvalue weighted by molar-refractivity contribution is 7.98. The molecule has 4 rings (SSSR count). The molecule has 8 nitrogen and oxygen atoms in total. The number of amides is 3. The molecular formula is C17H17N3O5S2. The second kappa shape index (κ2) is 7.35. The summed E-state index contributed by atoms with van der Waals surface area (Å²) >= 11 is 3.06. The molecule has 0 aliphatic carbocycles. The molecule has 0 atom stereocenters. The van der Waals surface area contributed by atoms with Gasteiger partial charge in [0.15, 0.2) is 16.3 Å². The van der Waals surface area contributed by atoms with Crippen LogP contribution < -0.4 is 14.3 Å². The van der Waals surface area contributed by atoms with Crippen molar-refractivity contribution in [3.05, 3.63) is 16.9 Å². The predicted octanol–water partition coefficient (Wildman–Crippen LogP) is 1.37. The summed E-state index contributed by atoms with van der Waals surface area (Å²) in [4.78, 5) is 41.5. The number of aromatic nitrogens is 1. The zero-order valence-corrected chi connectivity index (χ0v) is 16.2. The maximum Gasteiger partial charge on any atom is 0.268 e. The minimum atomic E-state index is -0.511. The van der Waals surface area contributed by atoms with Gasteiger partial charge < -0.3 is 14.0 Å². The summed E-state index contributed by atoms with van der Waals surface area (Å²) in [6, 6.07) is 3.78. The van der Waals surface area contributed by atoms with Crippen molar-refractivity contribution in [3.8, 4) is 11.5 Å². The molecule has 27 heavy (non-hydrogen) atoms. The third-order valence-electron chi connectivity index (χ3n) is 4.36. The summed E-state index contributed by atoms with van der Waals surface area (Å²) in [5.41, 5.74) is 0.915. The number of hydrogen-bond donors (Lipinski definition) is 0.